The van der Waals surface area contributed by atoms with E-state index in [1.54, 1.807) is 19.2 Å². The fourth-order valence-electron chi connectivity index (χ4n) is 2.55. The van der Waals surface area contributed by atoms with Crippen molar-refractivity contribution >= 4 is 17.8 Å². The van der Waals surface area contributed by atoms with E-state index in [2.05, 4.69) is 60.8 Å². The minimum atomic E-state index is 0.131. The lowest BCUT2D eigenvalue weighted by molar-refractivity contribution is 0.234. The van der Waals surface area contributed by atoms with Crippen molar-refractivity contribution in [2.75, 3.05) is 45.1 Å². The van der Waals surface area contributed by atoms with Crippen LogP contribution in [0.1, 0.15) is 31.9 Å². The Morgan fingerprint density at radius 1 is 1.14 bits per heavy atom. The molecule has 22 heavy (non-hydrogen) atoms. The number of hydrogen-bond acceptors (Lipinski definition) is 5. The van der Waals surface area contributed by atoms with Gasteiger partial charge in [-0.1, -0.05) is 26.8 Å². The van der Waals surface area contributed by atoms with Crippen LogP contribution in [0.25, 0.3) is 0 Å². The van der Waals surface area contributed by atoms with E-state index >= 15 is 0 Å². The Labute approximate surface area is 139 Å². The van der Waals surface area contributed by atoms with Crippen LogP contribution in [-0.4, -0.2) is 49.5 Å². The van der Waals surface area contributed by atoms with Crippen molar-refractivity contribution in [2.24, 2.45) is 0 Å². The third-order valence-corrected chi connectivity index (χ3v) is 5.03. The second kappa shape index (κ2) is 7.11. The summed E-state index contributed by atoms with van der Waals surface area (Å²) in [5.41, 5.74) is 3.70. The highest BCUT2D eigenvalue weighted by Gasteiger charge is 2.19. The summed E-state index contributed by atoms with van der Waals surface area (Å²) in [6.07, 6.45) is 0. The number of anilines is 1. The molecule has 2 rings (SSSR count). The maximum Gasteiger partial charge on any atom is 0.145 e. The van der Waals surface area contributed by atoms with E-state index < -0.39 is 0 Å². The van der Waals surface area contributed by atoms with Gasteiger partial charge in [0, 0.05) is 38.3 Å². The van der Waals surface area contributed by atoms with Crippen LogP contribution >= 0.6 is 12.1 Å². The largest absolute Gasteiger partial charge is 0.494 e. The molecule has 1 N–H and O–H groups in total. The topological polar surface area (TPSA) is 27.7 Å². The van der Waals surface area contributed by atoms with E-state index in [9.17, 15) is 0 Å². The molecule has 0 aromatic heterocycles. The summed E-state index contributed by atoms with van der Waals surface area (Å²) >= 11 is 1.69. The van der Waals surface area contributed by atoms with Crippen LogP contribution in [-0.2, 0) is 5.41 Å². The Hall–Kier alpha value is -0.910. The smallest absolute Gasteiger partial charge is 0.145 e. The summed E-state index contributed by atoms with van der Waals surface area (Å²) in [6, 6.07) is 4.44. The van der Waals surface area contributed by atoms with Crippen LogP contribution in [0.2, 0.25) is 0 Å². The fraction of sp³-hybridized carbons (Fsp3) is 0.647. The number of rotatable bonds is 4. The Morgan fingerprint density at radius 2 is 1.77 bits per heavy atom. The van der Waals surface area contributed by atoms with E-state index in [1.807, 2.05) is 0 Å². The summed E-state index contributed by atoms with van der Waals surface area (Å²) in [5, 5.41) is 0. The molecule has 0 radical (unpaired) electrons. The Bertz CT molecular complexity index is 505. The predicted molar refractivity (Wildman–Crippen MR) is 96.7 cm³/mol. The van der Waals surface area contributed by atoms with Crippen molar-refractivity contribution in [3.05, 3.63) is 23.3 Å². The number of nitrogens with zero attached hydrogens (tertiary/aromatic N) is 2. The molecule has 1 aliphatic heterocycles. The van der Waals surface area contributed by atoms with Crippen molar-refractivity contribution in [2.45, 2.75) is 33.1 Å². The summed E-state index contributed by atoms with van der Waals surface area (Å²) in [6.45, 7) is 13.2. The molecule has 124 valence electrons. The maximum atomic E-state index is 5.60. The second-order valence-corrected chi connectivity index (χ2v) is 7.95. The molecule has 0 amide bonds. The normalized spacial score (nSPS) is 17.5. The molecule has 0 atom stereocenters. The Morgan fingerprint density at radius 3 is 2.32 bits per heavy atom. The zero-order valence-electron chi connectivity index (χ0n) is 14.7. The molecule has 1 aromatic rings. The SMILES string of the molecule is COc1c(C)cc(C(C)(C)C)cc1NSN1CCN(C)CC1. The number of ether oxygens (including phenoxy) is 1. The summed E-state index contributed by atoms with van der Waals surface area (Å²) < 4.78 is 11.5. The third kappa shape index (κ3) is 4.31. The van der Waals surface area contributed by atoms with Crippen molar-refractivity contribution in [3.63, 3.8) is 0 Å². The van der Waals surface area contributed by atoms with Gasteiger partial charge in [-0.25, -0.2) is 4.31 Å². The van der Waals surface area contributed by atoms with Gasteiger partial charge in [0.1, 0.15) is 5.75 Å². The third-order valence-electron chi connectivity index (χ3n) is 4.09. The quantitative estimate of drug-likeness (QED) is 0.856. The highest BCUT2D eigenvalue weighted by Crippen LogP contribution is 2.36. The molecule has 5 heteroatoms. The summed E-state index contributed by atoms with van der Waals surface area (Å²) in [4.78, 5) is 2.36. The van der Waals surface area contributed by atoms with Gasteiger partial charge in [-0.15, -0.1) is 0 Å². The van der Waals surface area contributed by atoms with Gasteiger partial charge in [-0.2, -0.15) is 0 Å². The number of piperazine rings is 1. The molecule has 1 heterocycles. The zero-order chi connectivity index (χ0) is 16.3. The van der Waals surface area contributed by atoms with Crippen LogP contribution in [0.15, 0.2) is 12.1 Å². The zero-order valence-corrected chi connectivity index (χ0v) is 15.5. The number of likely N-dealkylation sites (N-methyl/N-ethyl adjacent to an activating group) is 1. The average Bonchev–Trinajstić information content (AvgIpc) is 2.45. The molecule has 4 nitrogen and oxygen atoms in total. The molecule has 0 saturated carbocycles. The monoisotopic (exact) mass is 323 g/mol. The summed E-state index contributed by atoms with van der Waals surface area (Å²) in [5.74, 6) is 0.939. The van der Waals surface area contributed by atoms with Gasteiger partial charge < -0.3 is 14.4 Å². The lowest BCUT2D eigenvalue weighted by Gasteiger charge is -2.31. The van der Waals surface area contributed by atoms with Crippen LogP contribution in [0.3, 0.4) is 0 Å². The minimum absolute atomic E-state index is 0.131. The highest BCUT2D eigenvalue weighted by atomic mass is 32.2. The molecule has 1 aromatic carbocycles. The molecular weight excluding hydrogens is 294 g/mol. The van der Waals surface area contributed by atoms with Crippen LogP contribution in [0, 0.1) is 6.92 Å². The number of hydrogen-bond donors (Lipinski definition) is 1. The first kappa shape index (κ1) is 17.4. The Balaban J connectivity index is 2.13. The number of benzene rings is 1. The molecule has 1 aliphatic rings. The van der Waals surface area contributed by atoms with E-state index in [1.165, 1.54) is 11.1 Å². The van der Waals surface area contributed by atoms with E-state index in [0.29, 0.717) is 0 Å². The second-order valence-electron chi connectivity index (χ2n) is 7.05. The van der Waals surface area contributed by atoms with Gasteiger partial charge in [0.2, 0.25) is 0 Å². The van der Waals surface area contributed by atoms with Crippen molar-refractivity contribution in [1.82, 2.24) is 9.21 Å². The predicted octanol–water partition coefficient (Wildman–Crippen LogP) is 3.52. The van der Waals surface area contributed by atoms with Gasteiger partial charge in [-0.3, -0.25) is 0 Å². The van der Waals surface area contributed by atoms with E-state index in [4.69, 9.17) is 4.74 Å². The van der Waals surface area contributed by atoms with Crippen LogP contribution in [0.5, 0.6) is 5.75 Å². The first-order valence-electron chi connectivity index (χ1n) is 7.87. The van der Waals surface area contributed by atoms with Crippen LogP contribution < -0.4 is 9.46 Å². The van der Waals surface area contributed by atoms with Crippen LogP contribution in [0.4, 0.5) is 5.69 Å². The van der Waals surface area contributed by atoms with E-state index in [0.717, 1.165) is 37.6 Å². The van der Waals surface area contributed by atoms with Crippen molar-refractivity contribution < 1.29 is 4.74 Å². The number of nitrogens with one attached hydrogen (secondary N) is 1. The first-order valence-corrected chi connectivity index (χ1v) is 8.64. The lowest BCUT2D eigenvalue weighted by Crippen LogP contribution is -2.41. The molecule has 0 bridgehead atoms. The fourth-order valence-corrected chi connectivity index (χ4v) is 3.27. The van der Waals surface area contributed by atoms with Gasteiger partial charge >= 0.3 is 0 Å². The minimum Gasteiger partial charge on any atom is -0.494 e. The number of aryl methyl sites for hydroxylation is 1. The molecule has 0 spiro atoms. The molecule has 0 aliphatic carbocycles. The highest BCUT2D eigenvalue weighted by molar-refractivity contribution is 7.98. The van der Waals surface area contributed by atoms with Gasteiger partial charge in [0.15, 0.2) is 0 Å². The summed E-state index contributed by atoms with van der Waals surface area (Å²) in [7, 11) is 3.92. The average molecular weight is 324 g/mol. The lowest BCUT2D eigenvalue weighted by atomic mass is 9.86. The molecule has 0 unspecified atom stereocenters. The van der Waals surface area contributed by atoms with Gasteiger partial charge in [-0.05, 0) is 36.6 Å². The number of methoxy groups -OCH3 is 1. The Kier molecular flexibility index (Phi) is 5.64. The first-order chi connectivity index (χ1) is 10.3. The van der Waals surface area contributed by atoms with Gasteiger partial charge in [0.25, 0.3) is 0 Å². The molecular formula is C17H29N3OS. The standard InChI is InChI=1S/C17H29N3OS/c1-13-11-14(17(2,3)4)12-15(16(13)21-6)18-22-20-9-7-19(5)8-10-20/h11-12,18H,7-10H2,1-6H3. The molecule has 1 fully saturated rings. The van der Waals surface area contributed by atoms with Crippen molar-refractivity contribution in [1.29, 1.82) is 0 Å². The van der Waals surface area contributed by atoms with Crippen molar-refractivity contribution in [3.8, 4) is 5.75 Å². The van der Waals surface area contributed by atoms with Gasteiger partial charge in [0.05, 0.1) is 12.8 Å². The maximum absolute atomic E-state index is 5.60. The molecule has 1 saturated heterocycles. The van der Waals surface area contributed by atoms with E-state index in [-0.39, 0.29) is 5.41 Å².